The lowest BCUT2D eigenvalue weighted by Crippen LogP contribution is -2.36. The van der Waals surface area contributed by atoms with Gasteiger partial charge < -0.3 is 14.7 Å². The maximum absolute atomic E-state index is 12.0. The van der Waals surface area contributed by atoms with Gasteiger partial charge in [0, 0.05) is 14.1 Å². The van der Waals surface area contributed by atoms with Crippen LogP contribution in [0.25, 0.3) is 0 Å². The summed E-state index contributed by atoms with van der Waals surface area (Å²) in [5.74, 6) is -1.69. The maximum Gasteiger partial charge on any atom is 0.341 e. The molecule has 0 saturated heterocycles. The summed E-state index contributed by atoms with van der Waals surface area (Å²) in [5.41, 5.74) is -0.278. The van der Waals surface area contributed by atoms with E-state index >= 15 is 0 Å². The average molecular weight is 316 g/mol. The molecule has 0 unspecified atom stereocenters. The smallest absolute Gasteiger partial charge is 0.341 e. The number of hydrogen-bond acceptors (Lipinski definition) is 6. The van der Waals surface area contributed by atoms with E-state index < -0.39 is 34.2 Å². The molecule has 0 heterocycles. The summed E-state index contributed by atoms with van der Waals surface area (Å²) in [7, 11) is 0.107. The van der Waals surface area contributed by atoms with Crippen molar-refractivity contribution in [2.24, 2.45) is 0 Å². The van der Waals surface area contributed by atoms with Crippen LogP contribution in [0.15, 0.2) is 23.1 Å². The number of hydrogen-bond donors (Lipinski definition) is 2. The summed E-state index contributed by atoms with van der Waals surface area (Å²) < 4.78 is 30.6. The third-order valence-corrected chi connectivity index (χ3v) is 3.99. The Morgan fingerprint density at radius 3 is 2.48 bits per heavy atom. The predicted octanol–water partition coefficient (Wildman–Crippen LogP) is -0.455. The minimum Gasteiger partial charge on any atom is -0.507 e. The number of methoxy groups -OCH3 is 1. The summed E-state index contributed by atoms with van der Waals surface area (Å²) in [5, 5.41) is 9.52. The van der Waals surface area contributed by atoms with Gasteiger partial charge in [-0.3, -0.25) is 4.79 Å². The number of phenolic OH excluding ortho intramolecular Hbond substituents is 1. The number of phenols is 1. The molecule has 1 aromatic carbocycles. The number of nitrogens with one attached hydrogen (secondary N) is 1. The van der Waals surface area contributed by atoms with Crippen LogP contribution in [0.1, 0.15) is 10.4 Å². The second-order valence-corrected chi connectivity index (χ2v) is 6.05. The van der Waals surface area contributed by atoms with Crippen LogP contribution in [0.3, 0.4) is 0 Å². The molecule has 0 aromatic heterocycles. The first-order valence-corrected chi connectivity index (χ1v) is 7.28. The number of rotatable bonds is 5. The fourth-order valence-electron chi connectivity index (χ4n) is 1.35. The van der Waals surface area contributed by atoms with Gasteiger partial charge in [0.25, 0.3) is 0 Å². The highest BCUT2D eigenvalue weighted by Gasteiger charge is 2.20. The topological polar surface area (TPSA) is 113 Å². The summed E-state index contributed by atoms with van der Waals surface area (Å²) >= 11 is 0. The number of amides is 1. The van der Waals surface area contributed by atoms with Gasteiger partial charge in [0.2, 0.25) is 15.9 Å². The van der Waals surface area contributed by atoms with Gasteiger partial charge in [-0.15, -0.1) is 0 Å². The first-order chi connectivity index (χ1) is 9.69. The van der Waals surface area contributed by atoms with Crippen molar-refractivity contribution in [3.8, 4) is 5.75 Å². The van der Waals surface area contributed by atoms with Crippen LogP contribution in [0.2, 0.25) is 0 Å². The zero-order valence-corrected chi connectivity index (χ0v) is 12.6. The molecule has 0 aliphatic heterocycles. The summed E-state index contributed by atoms with van der Waals surface area (Å²) in [4.78, 5) is 23.8. The van der Waals surface area contributed by atoms with Crippen molar-refractivity contribution in [1.82, 2.24) is 9.62 Å². The molecule has 0 radical (unpaired) electrons. The van der Waals surface area contributed by atoms with E-state index in [4.69, 9.17) is 0 Å². The van der Waals surface area contributed by atoms with Gasteiger partial charge in [-0.2, -0.15) is 0 Å². The standard InChI is InChI=1S/C12H16N2O6S/c1-14(2)11(16)7-13-21(18,19)8-4-5-10(15)9(6-8)12(17)20-3/h4-6,13,15H,7H2,1-3H3. The molecule has 0 spiro atoms. The predicted molar refractivity (Wildman–Crippen MR) is 73.3 cm³/mol. The second-order valence-electron chi connectivity index (χ2n) is 4.28. The van der Waals surface area contributed by atoms with E-state index in [0.717, 1.165) is 25.3 Å². The van der Waals surface area contributed by atoms with Gasteiger partial charge in [-0.1, -0.05) is 0 Å². The molecule has 9 heteroatoms. The molecule has 8 nitrogen and oxygen atoms in total. The van der Waals surface area contributed by atoms with Crippen molar-refractivity contribution in [1.29, 1.82) is 0 Å². The van der Waals surface area contributed by atoms with Gasteiger partial charge >= 0.3 is 5.97 Å². The zero-order valence-electron chi connectivity index (χ0n) is 11.8. The van der Waals surface area contributed by atoms with E-state index in [1.54, 1.807) is 0 Å². The van der Waals surface area contributed by atoms with Gasteiger partial charge in [0.05, 0.1) is 18.6 Å². The fraction of sp³-hybridized carbons (Fsp3) is 0.333. The van der Waals surface area contributed by atoms with Crippen molar-refractivity contribution in [3.63, 3.8) is 0 Å². The molecule has 1 rings (SSSR count). The second kappa shape index (κ2) is 6.55. The number of carbonyl (C=O) groups excluding carboxylic acids is 2. The van der Waals surface area contributed by atoms with Crippen molar-refractivity contribution >= 4 is 21.9 Å². The van der Waals surface area contributed by atoms with E-state index in [9.17, 15) is 23.1 Å². The molecule has 0 fully saturated rings. The first-order valence-electron chi connectivity index (χ1n) is 5.80. The number of nitrogens with zero attached hydrogens (tertiary/aromatic N) is 1. The maximum atomic E-state index is 12.0. The Bertz CT molecular complexity index is 654. The average Bonchev–Trinajstić information content (AvgIpc) is 2.44. The molecule has 0 bridgehead atoms. The largest absolute Gasteiger partial charge is 0.507 e. The number of benzene rings is 1. The lowest BCUT2D eigenvalue weighted by molar-refractivity contribution is -0.127. The Labute approximate surface area is 122 Å². The van der Waals surface area contributed by atoms with E-state index in [0.29, 0.717) is 0 Å². The third kappa shape index (κ3) is 4.17. The number of ether oxygens (including phenoxy) is 1. The Balaban J connectivity index is 3.04. The molecule has 1 aromatic rings. The highest BCUT2D eigenvalue weighted by Crippen LogP contribution is 2.21. The molecule has 0 saturated carbocycles. The van der Waals surface area contributed by atoms with Crippen LogP contribution in [0.5, 0.6) is 5.75 Å². The van der Waals surface area contributed by atoms with Crippen LogP contribution in [0.4, 0.5) is 0 Å². The number of sulfonamides is 1. The molecule has 116 valence electrons. The highest BCUT2D eigenvalue weighted by atomic mass is 32.2. The molecule has 2 N–H and O–H groups in total. The van der Waals surface area contributed by atoms with Crippen molar-refractivity contribution in [3.05, 3.63) is 23.8 Å². The molecule has 1 amide bonds. The molecule has 0 atom stereocenters. The van der Waals surface area contributed by atoms with Crippen LogP contribution in [-0.2, 0) is 19.6 Å². The van der Waals surface area contributed by atoms with Gasteiger partial charge in [-0.05, 0) is 18.2 Å². The van der Waals surface area contributed by atoms with Crippen LogP contribution < -0.4 is 4.72 Å². The normalized spacial score (nSPS) is 11.0. The van der Waals surface area contributed by atoms with Crippen LogP contribution in [0, 0.1) is 0 Å². The number of carbonyl (C=O) groups is 2. The van der Waals surface area contributed by atoms with Crippen molar-refractivity contribution in [2.75, 3.05) is 27.7 Å². The first kappa shape index (κ1) is 16.9. The zero-order chi connectivity index (χ0) is 16.2. The Hall–Kier alpha value is -2.13. The van der Waals surface area contributed by atoms with Crippen LogP contribution in [-0.4, -0.2) is 58.1 Å². The van der Waals surface area contributed by atoms with E-state index in [1.165, 1.54) is 19.0 Å². The number of likely N-dealkylation sites (N-methyl/N-ethyl adjacent to an activating group) is 1. The quantitative estimate of drug-likeness (QED) is 0.711. The Morgan fingerprint density at radius 2 is 1.95 bits per heavy atom. The van der Waals surface area contributed by atoms with Gasteiger partial charge in [0.1, 0.15) is 11.3 Å². The fourth-order valence-corrected chi connectivity index (χ4v) is 2.35. The van der Waals surface area contributed by atoms with Gasteiger partial charge in [-0.25, -0.2) is 17.9 Å². The van der Waals surface area contributed by atoms with Crippen molar-refractivity contribution in [2.45, 2.75) is 4.90 Å². The minimum atomic E-state index is -3.99. The third-order valence-electron chi connectivity index (χ3n) is 2.60. The molecular weight excluding hydrogens is 300 g/mol. The molecule has 21 heavy (non-hydrogen) atoms. The van der Waals surface area contributed by atoms with Gasteiger partial charge in [0.15, 0.2) is 0 Å². The summed E-state index contributed by atoms with van der Waals surface area (Å²) in [6, 6.07) is 3.16. The summed E-state index contributed by atoms with van der Waals surface area (Å²) in [6.45, 7) is -0.413. The Morgan fingerprint density at radius 1 is 1.33 bits per heavy atom. The molecule has 0 aliphatic rings. The minimum absolute atomic E-state index is 0.257. The molecular formula is C12H16N2O6S. The van der Waals surface area contributed by atoms with E-state index in [-0.39, 0.29) is 10.5 Å². The Kier molecular flexibility index (Phi) is 5.28. The van der Waals surface area contributed by atoms with Crippen LogP contribution >= 0.6 is 0 Å². The molecule has 0 aliphatic carbocycles. The van der Waals surface area contributed by atoms with E-state index in [1.807, 2.05) is 0 Å². The number of esters is 1. The lowest BCUT2D eigenvalue weighted by Gasteiger charge is -2.12. The SMILES string of the molecule is COC(=O)c1cc(S(=O)(=O)NCC(=O)N(C)C)ccc1O. The lowest BCUT2D eigenvalue weighted by atomic mass is 10.2. The van der Waals surface area contributed by atoms with E-state index in [2.05, 4.69) is 9.46 Å². The highest BCUT2D eigenvalue weighted by molar-refractivity contribution is 7.89. The monoisotopic (exact) mass is 316 g/mol. The van der Waals surface area contributed by atoms with Crippen molar-refractivity contribution < 1.29 is 27.9 Å². The number of aromatic hydroxyl groups is 1. The summed E-state index contributed by atoms with van der Waals surface area (Å²) in [6.07, 6.45) is 0.